The molecule has 0 spiro atoms. The van der Waals surface area contributed by atoms with Crippen molar-refractivity contribution in [1.29, 1.82) is 0 Å². The number of nitro groups is 1. The van der Waals surface area contributed by atoms with Gasteiger partial charge in [-0.2, -0.15) is 0 Å². The van der Waals surface area contributed by atoms with Gasteiger partial charge in [0.1, 0.15) is 24.1 Å². The van der Waals surface area contributed by atoms with Crippen LogP contribution in [0.2, 0.25) is 5.02 Å². The highest BCUT2D eigenvalue weighted by atomic mass is 35.5. The van der Waals surface area contributed by atoms with Crippen LogP contribution in [-0.2, 0) is 9.47 Å². The van der Waals surface area contributed by atoms with Gasteiger partial charge in [0.25, 0.3) is 5.69 Å². The molecule has 0 aromatic heterocycles. The minimum absolute atomic E-state index is 0.101. The molecule has 8 heteroatoms. The highest BCUT2D eigenvalue weighted by Gasteiger charge is 2.48. The standard InChI is InChI=1S/C12H12ClNO6/c13-7-3-6(14(16)17)1-2-9(7)20-10-5-19-11-8(15)4-18-12(10)11/h1-3,8,10-12,15H,4-5H2/t8-,10-,11+,12+/m0/s1. The van der Waals surface area contributed by atoms with E-state index in [9.17, 15) is 15.2 Å². The van der Waals surface area contributed by atoms with Gasteiger partial charge in [-0.1, -0.05) is 11.6 Å². The summed E-state index contributed by atoms with van der Waals surface area (Å²) in [6.07, 6.45) is -1.79. The van der Waals surface area contributed by atoms with Gasteiger partial charge in [-0.05, 0) is 6.07 Å². The molecule has 0 aliphatic carbocycles. The van der Waals surface area contributed by atoms with Gasteiger partial charge < -0.3 is 19.3 Å². The quantitative estimate of drug-likeness (QED) is 0.665. The van der Waals surface area contributed by atoms with Crippen molar-refractivity contribution in [3.05, 3.63) is 33.3 Å². The molecule has 0 bridgehead atoms. The van der Waals surface area contributed by atoms with Gasteiger partial charge in [0, 0.05) is 12.1 Å². The number of nitro benzene ring substituents is 1. The van der Waals surface area contributed by atoms with E-state index in [2.05, 4.69) is 0 Å². The summed E-state index contributed by atoms with van der Waals surface area (Å²) in [6.45, 7) is 0.489. The van der Waals surface area contributed by atoms with E-state index >= 15 is 0 Å². The molecule has 0 amide bonds. The first-order chi connectivity index (χ1) is 9.56. The number of hydrogen-bond donors (Lipinski definition) is 1. The van der Waals surface area contributed by atoms with Crippen molar-refractivity contribution in [2.24, 2.45) is 0 Å². The van der Waals surface area contributed by atoms with Gasteiger partial charge in [0.15, 0.2) is 6.10 Å². The van der Waals surface area contributed by atoms with Crippen LogP contribution in [0.3, 0.4) is 0 Å². The largest absolute Gasteiger partial charge is 0.484 e. The fourth-order valence-corrected chi connectivity index (χ4v) is 2.63. The van der Waals surface area contributed by atoms with Crippen molar-refractivity contribution in [1.82, 2.24) is 0 Å². The maximum Gasteiger partial charge on any atom is 0.271 e. The number of aliphatic hydroxyl groups excluding tert-OH is 1. The molecule has 1 N–H and O–H groups in total. The molecule has 1 aromatic carbocycles. The molecule has 108 valence electrons. The predicted octanol–water partition coefficient (Wildman–Crippen LogP) is 1.15. The minimum atomic E-state index is -0.652. The zero-order valence-electron chi connectivity index (χ0n) is 10.3. The number of non-ortho nitro benzene ring substituents is 1. The van der Waals surface area contributed by atoms with Crippen LogP contribution in [0.4, 0.5) is 5.69 Å². The summed E-state index contributed by atoms with van der Waals surface area (Å²) < 4.78 is 16.5. The second-order valence-electron chi connectivity index (χ2n) is 4.69. The molecule has 3 rings (SSSR count). The Bertz CT molecular complexity index is 539. The Morgan fingerprint density at radius 1 is 1.35 bits per heavy atom. The minimum Gasteiger partial charge on any atom is -0.484 e. The Kier molecular flexibility index (Phi) is 3.51. The molecule has 2 fully saturated rings. The van der Waals surface area contributed by atoms with Crippen LogP contribution in [0.1, 0.15) is 0 Å². The number of aliphatic hydroxyl groups is 1. The van der Waals surface area contributed by atoms with Crippen molar-refractivity contribution in [2.45, 2.75) is 24.4 Å². The SMILES string of the molecule is O=[N+]([O-])c1ccc(O[C@H]2CO[C@H]3[C@@H]2OC[C@@H]3O)c(Cl)c1. The normalized spacial score (nSPS) is 32.1. The van der Waals surface area contributed by atoms with E-state index < -0.39 is 23.2 Å². The van der Waals surface area contributed by atoms with Crippen LogP contribution in [0.15, 0.2) is 18.2 Å². The van der Waals surface area contributed by atoms with Crippen LogP contribution in [-0.4, -0.2) is 47.7 Å². The first kappa shape index (κ1) is 13.6. The molecule has 0 saturated carbocycles. The Labute approximate surface area is 119 Å². The number of halogens is 1. The summed E-state index contributed by atoms with van der Waals surface area (Å²) in [7, 11) is 0. The summed E-state index contributed by atoms with van der Waals surface area (Å²) in [5, 5.41) is 20.4. The first-order valence-electron chi connectivity index (χ1n) is 6.08. The third-order valence-corrected chi connectivity index (χ3v) is 3.68. The molecular weight excluding hydrogens is 290 g/mol. The molecular formula is C12H12ClNO6. The summed E-state index contributed by atoms with van der Waals surface area (Å²) in [6, 6.07) is 3.99. The van der Waals surface area contributed by atoms with E-state index in [4.69, 9.17) is 25.8 Å². The number of hydrogen-bond acceptors (Lipinski definition) is 6. The number of ether oxygens (including phenoxy) is 3. The maximum atomic E-state index is 10.6. The fraction of sp³-hybridized carbons (Fsp3) is 0.500. The smallest absolute Gasteiger partial charge is 0.271 e. The molecule has 4 atom stereocenters. The number of nitrogens with zero attached hydrogens (tertiary/aromatic N) is 1. The number of rotatable bonds is 3. The fourth-order valence-electron chi connectivity index (χ4n) is 2.41. The Morgan fingerprint density at radius 3 is 2.80 bits per heavy atom. The van der Waals surface area contributed by atoms with Gasteiger partial charge in [-0.25, -0.2) is 0 Å². The van der Waals surface area contributed by atoms with Crippen LogP contribution in [0, 0.1) is 10.1 Å². The average molecular weight is 302 g/mol. The molecule has 2 saturated heterocycles. The second-order valence-corrected chi connectivity index (χ2v) is 5.10. The van der Waals surface area contributed by atoms with Gasteiger partial charge in [-0.15, -0.1) is 0 Å². The first-order valence-corrected chi connectivity index (χ1v) is 6.46. The molecule has 0 radical (unpaired) electrons. The van der Waals surface area contributed by atoms with Crippen LogP contribution in [0.5, 0.6) is 5.75 Å². The van der Waals surface area contributed by atoms with E-state index in [1.807, 2.05) is 0 Å². The van der Waals surface area contributed by atoms with Crippen molar-refractivity contribution in [2.75, 3.05) is 13.2 Å². The van der Waals surface area contributed by atoms with Crippen molar-refractivity contribution >= 4 is 17.3 Å². The lowest BCUT2D eigenvalue weighted by molar-refractivity contribution is -0.384. The predicted molar refractivity (Wildman–Crippen MR) is 68.0 cm³/mol. The monoisotopic (exact) mass is 301 g/mol. The lowest BCUT2D eigenvalue weighted by Gasteiger charge is -2.18. The Hall–Kier alpha value is -1.41. The molecule has 7 nitrogen and oxygen atoms in total. The number of benzene rings is 1. The van der Waals surface area contributed by atoms with Gasteiger partial charge in [-0.3, -0.25) is 10.1 Å². The topological polar surface area (TPSA) is 91.1 Å². The Balaban J connectivity index is 1.74. The summed E-state index contributed by atoms with van der Waals surface area (Å²) >= 11 is 5.96. The highest BCUT2D eigenvalue weighted by molar-refractivity contribution is 6.32. The van der Waals surface area contributed by atoms with Crippen molar-refractivity contribution in [3.8, 4) is 5.75 Å². The van der Waals surface area contributed by atoms with Gasteiger partial charge >= 0.3 is 0 Å². The molecule has 2 aliphatic rings. The summed E-state index contributed by atoms with van der Waals surface area (Å²) in [5.41, 5.74) is -0.101. The lowest BCUT2D eigenvalue weighted by Crippen LogP contribution is -2.34. The maximum absolute atomic E-state index is 10.6. The zero-order valence-corrected chi connectivity index (χ0v) is 11.0. The molecule has 2 aliphatic heterocycles. The Morgan fingerprint density at radius 2 is 2.10 bits per heavy atom. The molecule has 20 heavy (non-hydrogen) atoms. The van der Waals surface area contributed by atoms with Crippen molar-refractivity contribution < 1.29 is 24.2 Å². The summed E-state index contributed by atoms with van der Waals surface area (Å²) in [4.78, 5) is 10.1. The van der Waals surface area contributed by atoms with Gasteiger partial charge in [0.05, 0.1) is 23.2 Å². The average Bonchev–Trinajstić information content (AvgIpc) is 2.96. The lowest BCUT2D eigenvalue weighted by atomic mass is 10.1. The molecule has 0 unspecified atom stereocenters. The van der Waals surface area contributed by atoms with Crippen LogP contribution >= 0.6 is 11.6 Å². The molecule has 2 heterocycles. The third kappa shape index (κ3) is 2.33. The van der Waals surface area contributed by atoms with Gasteiger partial charge in [0.2, 0.25) is 0 Å². The van der Waals surface area contributed by atoms with E-state index in [0.29, 0.717) is 5.75 Å². The van der Waals surface area contributed by atoms with E-state index in [1.54, 1.807) is 0 Å². The second kappa shape index (κ2) is 5.17. The summed E-state index contributed by atoms with van der Waals surface area (Å²) in [5.74, 6) is 0.330. The van der Waals surface area contributed by atoms with Crippen LogP contribution < -0.4 is 4.74 Å². The van der Waals surface area contributed by atoms with Crippen molar-refractivity contribution in [3.63, 3.8) is 0 Å². The highest BCUT2D eigenvalue weighted by Crippen LogP contribution is 2.34. The van der Waals surface area contributed by atoms with E-state index in [1.165, 1.54) is 18.2 Å². The van der Waals surface area contributed by atoms with Crippen LogP contribution in [0.25, 0.3) is 0 Å². The third-order valence-electron chi connectivity index (χ3n) is 3.39. The zero-order chi connectivity index (χ0) is 14.3. The molecule has 1 aromatic rings. The number of fused-ring (bicyclic) bond motifs is 1. The van der Waals surface area contributed by atoms with E-state index in [-0.39, 0.29) is 30.0 Å². The van der Waals surface area contributed by atoms with E-state index in [0.717, 1.165) is 0 Å².